The molecule has 18 heavy (non-hydrogen) atoms. The first kappa shape index (κ1) is 13.3. The van der Waals surface area contributed by atoms with Crippen molar-refractivity contribution >= 4 is 5.69 Å². The molecule has 3 N–H and O–H groups in total. The first-order valence-electron chi connectivity index (χ1n) is 6.29. The third-order valence-corrected chi connectivity index (χ3v) is 3.47. The van der Waals surface area contributed by atoms with Crippen molar-refractivity contribution in [1.82, 2.24) is 4.98 Å². The van der Waals surface area contributed by atoms with E-state index >= 15 is 0 Å². The predicted octanol–water partition coefficient (Wildman–Crippen LogP) is 0.518. The summed E-state index contributed by atoms with van der Waals surface area (Å²) in [4.78, 5) is 6.15. The van der Waals surface area contributed by atoms with Gasteiger partial charge in [0.25, 0.3) is 0 Å². The number of rotatable bonds is 4. The van der Waals surface area contributed by atoms with Crippen molar-refractivity contribution in [2.75, 3.05) is 31.7 Å². The predicted molar refractivity (Wildman–Crippen MR) is 70.4 cm³/mol. The van der Waals surface area contributed by atoms with Crippen molar-refractivity contribution in [3.63, 3.8) is 0 Å². The average molecular weight is 251 g/mol. The van der Waals surface area contributed by atoms with Crippen LogP contribution in [0.3, 0.4) is 0 Å². The maximum atomic E-state index is 10.5. The molecule has 0 spiro atoms. The van der Waals surface area contributed by atoms with Gasteiger partial charge in [0.15, 0.2) is 0 Å². The number of pyridine rings is 1. The lowest BCUT2D eigenvalue weighted by atomic mass is 9.93. The van der Waals surface area contributed by atoms with Gasteiger partial charge in [-0.3, -0.25) is 4.98 Å². The molecule has 0 amide bonds. The Morgan fingerprint density at radius 2 is 2.22 bits per heavy atom. The first-order valence-corrected chi connectivity index (χ1v) is 6.29. The maximum absolute atomic E-state index is 10.5. The van der Waals surface area contributed by atoms with Gasteiger partial charge >= 0.3 is 0 Å². The minimum absolute atomic E-state index is 0.476. The smallest absolute Gasteiger partial charge is 0.0865 e. The van der Waals surface area contributed by atoms with E-state index in [0.717, 1.165) is 11.3 Å². The molecule has 2 heterocycles. The SMILES string of the molecule is CN(CC1(O)CCOCC1)c1cnccc1CN. The number of aliphatic hydroxyl groups is 1. The first-order chi connectivity index (χ1) is 8.64. The van der Waals surface area contributed by atoms with Gasteiger partial charge in [-0.1, -0.05) is 0 Å². The topological polar surface area (TPSA) is 71.6 Å². The Morgan fingerprint density at radius 3 is 2.89 bits per heavy atom. The van der Waals surface area contributed by atoms with Gasteiger partial charge in [0, 0.05) is 52.4 Å². The molecule has 1 aliphatic rings. The van der Waals surface area contributed by atoms with Crippen LogP contribution < -0.4 is 10.6 Å². The summed E-state index contributed by atoms with van der Waals surface area (Å²) in [6.45, 7) is 2.31. The standard InChI is InChI=1S/C13H21N3O2/c1-16(10-13(17)3-6-18-7-4-13)12-9-15-5-2-11(12)8-14/h2,5,9,17H,3-4,6-8,10,14H2,1H3. The molecule has 5 nitrogen and oxygen atoms in total. The van der Waals surface area contributed by atoms with E-state index in [2.05, 4.69) is 4.98 Å². The van der Waals surface area contributed by atoms with Crippen LogP contribution in [-0.4, -0.2) is 42.5 Å². The third kappa shape index (κ3) is 2.98. The molecular weight excluding hydrogens is 230 g/mol. The molecule has 1 aromatic heterocycles. The van der Waals surface area contributed by atoms with Crippen LogP contribution in [0.25, 0.3) is 0 Å². The molecule has 1 aromatic rings. The van der Waals surface area contributed by atoms with E-state index in [0.29, 0.717) is 39.1 Å². The second-order valence-corrected chi connectivity index (χ2v) is 4.90. The Hall–Kier alpha value is -1.17. The molecule has 0 bridgehead atoms. The lowest BCUT2D eigenvalue weighted by Crippen LogP contribution is -2.46. The quantitative estimate of drug-likeness (QED) is 0.816. The Balaban J connectivity index is 2.08. The van der Waals surface area contributed by atoms with E-state index in [1.54, 1.807) is 12.4 Å². The van der Waals surface area contributed by atoms with Gasteiger partial charge in [0.2, 0.25) is 0 Å². The van der Waals surface area contributed by atoms with E-state index in [9.17, 15) is 5.11 Å². The number of aromatic nitrogens is 1. The van der Waals surface area contributed by atoms with Gasteiger partial charge in [0.05, 0.1) is 17.5 Å². The molecular formula is C13H21N3O2. The van der Waals surface area contributed by atoms with Crippen molar-refractivity contribution < 1.29 is 9.84 Å². The minimum atomic E-state index is -0.672. The summed E-state index contributed by atoms with van der Waals surface area (Å²) in [5, 5.41) is 10.5. The molecule has 0 radical (unpaired) electrons. The Bertz CT molecular complexity index is 392. The zero-order valence-electron chi connectivity index (χ0n) is 10.8. The van der Waals surface area contributed by atoms with Gasteiger partial charge in [-0.25, -0.2) is 0 Å². The van der Waals surface area contributed by atoms with E-state index in [-0.39, 0.29) is 0 Å². The fourth-order valence-corrected chi connectivity index (χ4v) is 2.37. The summed E-state index contributed by atoms with van der Waals surface area (Å²) in [5.41, 5.74) is 7.08. The summed E-state index contributed by atoms with van der Waals surface area (Å²) < 4.78 is 5.29. The summed E-state index contributed by atoms with van der Waals surface area (Å²) in [6, 6.07) is 1.92. The van der Waals surface area contributed by atoms with Gasteiger partial charge in [-0.05, 0) is 11.6 Å². The maximum Gasteiger partial charge on any atom is 0.0865 e. The molecule has 5 heteroatoms. The molecule has 1 fully saturated rings. The van der Waals surface area contributed by atoms with E-state index in [1.807, 2.05) is 18.0 Å². The number of hydrogen-bond donors (Lipinski definition) is 2. The van der Waals surface area contributed by atoms with Crippen LogP contribution in [0, 0.1) is 0 Å². The normalized spacial score (nSPS) is 18.6. The summed E-state index contributed by atoms with van der Waals surface area (Å²) in [7, 11) is 1.96. The van der Waals surface area contributed by atoms with Crippen molar-refractivity contribution in [1.29, 1.82) is 0 Å². The third-order valence-electron chi connectivity index (χ3n) is 3.47. The minimum Gasteiger partial charge on any atom is -0.388 e. The van der Waals surface area contributed by atoms with E-state index in [1.165, 1.54) is 0 Å². The highest BCUT2D eigenvalue weighted by molar-refractivity contribution is 5.51. The number of nitrogens with zero attached hydrogens (tertiary/aromatic N) is 2. The van der Waals surface area contributed by atoms with E-state index < -0.39 is 5.60 Å². The number of ether oxygens (including phenoxy) is 1. The number of anilines is 1. The molecule has 0 unspecified atom stereocenters. The second-order valence-electron chi connectivity index (χ2n) is 4.90. The summed E-state index contributed by atoms with van der Waals surface area (Å²) in [5.74, 6) is 0. The van der Waals surface area contributed by atoms with Crippen LogP contribution in [0.1, 0.15) is 18.4 Å². The molecule has 100 valence electrons. The summed E-state index contributed by atoms with van der Waals surface area (Å²) in [6.07, 6.45) is 4.89. The van der Waals surface area contributed by atoms with Crippen LogP contribution in [0.4, 0.5) is 5.69 Å². The second kappa shape index (κ2) is 5.65. The highest BCUT2D eigenvalue weighted by atomic mass is 16.5. The van der Waals surface area contributed by atoms with E-state index in [4.69, 9.17) is 10.5 Å². The molecule has 2 rings (SSSR count). The Morgan fingerprint density at radius 1 is 1.50 bits per heavy atom. The van der Waals surface area contributed by atoms with Crippen LogP contribution in [0.5, 0.6) is 0 Å². The van der Waals surface area contributed by atoms with Crippen LogP contribution >= 0.6 is 0 Å². The van der Waals surface area contributed by atoms with Crippen LogP contribution in [0.15, 0.2) is 18.5 Å². The van der Waals surface area contributed by atoms with Gasteiger partial charge < -0.3 is 20.5 Å². The molecule has 0 aromatic carbocycles. The number of nitrogens with two attached hydrogens (primary N) is 1. The summed E-state index contributed by atoms with van der Waals surface area (Å²) >= 11 is 0. The largest absolute Gasteiger partial charge is 0.388 e. The fraction of sp³-hybridized carbons (Fsp3) is 0.615. The van der Waals surface area contributed by atoms with Gasteiger partial charge in [-0.2, -0.15) is 0 Å². The van der Waals surface area contributed by atoms with Gasteiger partial charge in [-0.15, -0.1) is 0 Å². The van der Waals surface area contributed by atoms with Crippen LogP contribution in [-0.2, 0) is 11.3 Å². The number of likely N-dealkylation sites (N-methyl/N-ethyl adjacent to an activating group) is 1. The highest BCUT2D eigenvalue weighted by Crippen LogP contribution is 2.25. The monoisotopic (exact) mass is 251 g/mol. The lowest BCUT2D eigenvalue weighted by Gasteiger charge is -2.36. The average Bonchev–Trinajstić information content (AvgIpc) is 2.39. The Labute approximate surface area is 108 Å². The Kier molecular flexibility index (Phi) is 4.16. The molecule has 1 saturated heterocycles. The van der Waals surface area contributed by atoms with Crippen molar-refractivity contribution in [2.45, 2.75) is 25.0 Å². The molecule has 0 atom stereocenters. The van der Waals surface area contributed by atoms with Crippen molar-refractivity contribution in [3.05, 3.63) is 24.0 Å². The van der Waals surface area contributed by atoms with Crippen molar-refractivity contribution in [3.8, 4) is 0 Å². The zero-order chi connectivity index (χ0) is 13.0. The highest BCUT2D eigenvalue weighted by Gasteiger charge is 2.31. The van der Waals surface area contributed by atoms with Crippen molar-refractivity contribution in [2.24, 2.45) is 5.73 Å². The zero-order valence-corrected chi connectivity index (χ0v) is 10.8. The fourth-order valence-electron chi connectivity index (χ4n) is 2.37. The van der Waals surface area contributed by atoms with Gasteiger partial charge in [0.1, 0.15) is 0 Å². The lowest BCUT2D eigenvalue weighted by molar-refractivity contribution is -0.0572. The van der Waals surface area contributed by atoms with Crippen LogP contribution in [0.2, 0.25) is 0 Å². The number of hydrogen-bond acceptors (Lipinski definition) is 5. The molecule has 0 saturated carbocycles. The molecule has 0 aliphatic carbocycles. The molecule has 1 aliphatic heterocycles.